The van der Waals surface area contributed by atoms with E-state index in [-0.39, 0.29) is 0 Å². The van der Waals surface area contributed by atoms with Crippen LogP contribution in [0.25, 0.3) is 0 Å². The summed E-state index contributed by atoms with van der Waals surface area (Å²) in [5, 5.41) is 6.83. The van der Waals surface area contributed by atoms with Crippen LogP contribution < -0.4 is 10.6 Å². The zero-order chi connectivity index (χ0) is 13.0. The van der Waals surface area contributed by atoms with Crippen LogP contribution >= 0.6 is 0 Å². The maximum Gasteiger partial charge on any atom is 0.191 e. The van der Waals surface area contributed by atoms with Crippen LogP contribution in [0, 0.1) is 5.92 Å². The van der Waals surface area contributed by atoms with Crippen molar-refractivity contribution < 1.29 is 0 Å². The minimum Gasteiger partial charge on any atom is -0.353 e. The third-order valence-electron chi connectivity index (χ3n) is 3.60. The zero-order valence-corrected chi connectivity index (χ0v) is 11.5. The number of rotatable bonds is 4. The van der Waals surface area contributed by atoms with Gasteiger partial charge in [-0.25, -0.2) is 0 Å². The van der Waals surface area contributed by atoms with Crippen LogP contribution in [0.1, 0.15) is 31.4 Å². The molecule has 0 heterocycles. The summed E-state index contributed by atoms with van der Waals surface area (Å²) >= 11 is 0. The van der Waals surface area contributed by atoms with Crippen LogP contribution in [0.5, 0.6) is 0 Å². The molecule has 2 unspecified atom stereocenters. The fourth-order valence-corrected chi connectivity index (χ4v) is 2.15. The Morgan fingerprint density at radius 2 is 2.00 bits per heavy atom. The van der Waals surface area contributed by atoms with Gasteiger partial charge in [-0.05, 0) is 29.9 Å². The van der Waals surface area contributed by atoms with Gasteiger partial charge in [-0.15, -0.1) is 0 Å². The quantitative estimate of drug-likeness (QED) is 0.631. The van der Waals surface area contributed by atoms with Crippen molar-refractivity contribution in [2.75, 3.05) is 7.05 Å². The Balaban J connectivity index is 1.89. The van der Waals surface area contributed by atoms with Gasteiger partial charge in [-0.3, -0.25) is 4.99 Å². The molecule has 1 saturated carbocycles. The molecule has 2 N–H and O–H groups in total. The van der Waals surface area contributed by atoms with E-state index in [2.05, 4.69) is 53.7 Å². The summed E-state index contributed by atoms with van der Waals surface area (Å²) in [6.45, 7) is 5.29. The van der Waals surface area contributed by atoms with Crippen LogP contribution in [0.15, 0.2) is 29.3 Å². The van der Waals surface area contributed by atoms with E-state index in [1.807, 2.05) is 7.05 Å². The predicted molar refractivity (Wildman–Crippen MR) is 76.7 cm³/mol. The average molecular weight is 245 g/mol. The number of aryl methyl sites for hydroxylation is 1. The molecular weight excluding hydrogens is 222 g/mol. The molecule has 1 aromatic rings. The molecule has 1 aromatic carbocycles. The van der Waals surface area contributed by atoms with E-state index in [4.69, 9.17) is 0 Å². The van der Waals surface area contributed by atoms with Crippen molar-refractivity contribution in [2.24, 2.45) is 10.9 Å². The lowest BCUT2D eigenvalue weighted by atomic mass is 10.1. The van der Waals surface area contributed by atoms with Gasteiger partial charge in [0.1, 0.15) is 0 Å². The molecule has 18 heavy (non-hydrogen) atoms. The third-order valence-corrected chi connectivity index (χ3v) is 3.60. The number of benzene rings is 1. The second kappa shape index (κ2) is 5.89. The predicted octanol–water partition coefficient (Wildman–Crippen LogP) is 2.32. The number of guanidine groups is 1. The highest BCUT2D eigenvalue weighted by molar-refractivity contribution is 5.80. The largest absolute Gasteiger partial charge is 0.353 e. The van der Waals surface area contributed by atoms with E-state index in [0.717, 1.165) is 24.8 Å². The Hall–Kier alpha value is -1.51. The van der Waals surface area contributed by atoms with Crippen molar-refractivity contribution in [1.82, 2.24) is 10.6 Å². The Morgan fingerprint density at radius 3 is 2.56 bits per heavy atom. The smallest absolute Gasteiger partial charge is 0.191 e. The second-order valence-corrected chi connectivity index (χ2v) is 5.01. The van der Waals surface area contributed by atoms with Crippen molar-refractivity contribution in [3.63, 3.8) is 0 Å². The Morgan fingerprint density at radius 1 is 1.33 bits per heavy atom. The lowest BCUT2D eigenvalue weighted by Crippen LogP contribution is -2.38. The first-order chi connectivity index (χ1) is 8.74. The van der Waals surface area contributed by atoms with Crippen molar-refractivity contribution in [1.29, 1.82) is 0 Å². The molecule has 0 radical (unpaired) electrons. The van der Waals surface area contributed by atoms with Gasteiger partial charge in [0.15, 0.2) is 5.96 Å². The number of nitrogens with one attached hydrogen (secondary N) is 2. The molecule has 2 atom stereocenters. The Bertz CT molecular complexity index is 426. The number of aliphatic imine (C=N–C) groups is 1. The molecule has 1 aliphatic rings. The summed E-state index contributed by atoms with van der Waals surface area (Å²) in [4.78, 5) is 4.27. The summed E-state index contributed by atoms with van der Waals surface area (Å²) in [7, 11) is 1.83. The molecule has 3 nitrogen and oxygen atoms in total. The second-order valence-electron chi connectivity index (χ2n) is 5.01. The van der Waals surface area contributed by atoms with E-state index in [1.165, 1.54) is 17.5 Å². The van der Waals surface area contributed by atoms with Gasteiger partial charge in [0.05, 0.1) is 0 Å². The van der Waals surface area contributed by atoms with Crippen LogP contribution in [-0.2, 0) is 13.0 Å². The molecule has 0 spiro atoms. The summed E-state index contributed by atoms with van der Waals surface area (Å²) in [5.74, 6) is 1.70. The number of hydrogen-bond donors (Lipinski definition) is 2. The highest BCUT2D eigenvalue weighted by Gasteiger charge is 2.33. The van der Waals surface area contributed by atoms with Gasteiger partial charge in [0, 0.05) is 19.6 Å². The summed E-state index contributed by atoms with van der Waals surface area (Å²) < 4.78 is 0. The van der Waals surface area contributed by atoms with E-state index >= 15 is 0 Å². The van der Waals surface area contributed by atoms with Crippen LogP contribution in [0.2, 0.25) is 0 Å². The highest BCUT2D eigenvalue weighted by Crippen LogP contribution is 2.28. The van der Waals surface area contributed by atoms with E-state index in [0.29, 0.717) is 6.04 Å². The molecule has 0 aliphatic heterocycles. The SMILES string of the molecule is CCc1ccccc1CNC(=NC)NC1CC1C. The van der Waals surface area contributed by atoms with Crippen molar-refractivity contribution in [3.8, 4) is 0 Å². The molecule has 0 saturated heterocycles. The fourth-order valence-electron chi connectivity index (χ4n) is 2.15. The summed E-state index contributed by atoms with van der Waals surface area (Å²) in [6.07, 6.45) is 2.33. The van der Waals surface area contributed by atoms with E-state index in [9.17, 15) is 0 Å². The minimum atomic E-state index is 0.609. The maximum atomic E-state index is 4.27. The van der Waals surface area contributed by atoms with Gasteiger partial charge in [0.2, 0.25) is 0 Å². The van der Waals surface area contributed by atoms with Crippen LogP contribution in [0.4, 0.5) is 0 Å². The maximum absolute atomic E-state index is 4.27. The highest BCUT2D eigenvalue weighted by atomic mass is 15.2. The standard InChI is InChI=1S/C15H23N3/c1-4-12-7-5-6-8-13(12)10-17-15(16-3)18-14-9-11(14)2/h5-8,11,14H,4,9-10H2,1-3H3,(H2,16,17,18). The van der Waals surface area contributed by atoms with Gasteiger partial charge < -0.3 is 10.6 Å². The fraction of sp³-hybridized carbons (Fsp3) is 0.533. The molecule has 1 aliphatic carbocycles. The zero-order valence-electron chi connectivity index (χ0n) is 11.5. The lowest BCUT2D eigenvalue weighted by Gasteiger charge is -2.13. The van der Waals surface area contributed by atoms with Crippen molar-refractivity contribution in [2.45, 2.75) is 39.3 Å². The first-order valence-electron chi connectivity index (χ1n) is 6.78. The van der Waals surface area contributed by atoms with Gasteiger partial charge in [0.25, 0.3) is 0 Å². The molecule has 3 heteroatoms. The lowest BCUT2D eigenvalue weighted by molar-refractivity contribution is 0.761. The normalized spacial score (nSPS) is 22.7. The molecule has 0 bridgehead atoms. The van der Waals surface area contributed by atoms with Gasteiger partial charge >= 0.3 is 0 Å². The summed E-state index contributed by atoms with van der Waals surface area (Å²) in [5.41, 5.74) is 2.76. The Labute approximate surface area is 110 Å². The molecule has 1 fully saturated rings. The molecular formula is C15H23N3. The van der Waals surface area contributed by atoms with Crippen LogP contribution in [-0.4, -0.2) is 19.0 Å². The van der Waals surface area contributed by atoms with Gasteiger partial charge in [-0.1, -0.05) is 38.1 Å². The van der Waals surface area contributed by atoms with Crippen molar-refractivity contribution >= 4 is 5.96 Å². The van der Waals surface area contributed by atoms with Crippen molar-refractivity contribution in [3.05, 3.63) is 35.4 Å². The number of hydrogen-bond acceptors (Lipinski definition) is 1. The first-order valence-corrected chi connectivity index (χ1v) is 6.78. The van der Waals surface area contributed by atoms with E-state index in [1.54, 1.807) is 0 Å². The summed E-state index contributed by atoms with van der Waals surface area (Å²) in [6, 6.07) is 9.17. The molecule has 0 aromatic heterocycles. The number of nitrogens with zero attached hydrogens (tertiary/aromatic N) is 1. The van der Waals surface area contributed by atoms with E-state index < -0.39 is 0 Å². The monoisotopic (exact) mass is 245 g/mol. The Kier molecular flexibility index (Phi) is 4.24. The molecule has 0 amide bonds. The first kappa shape index (κ1) is 12.9. The third kappa shape index (κ3) is 3.25. The van der Waals surface area contributed by atoms with Crippen LogP contribution in [0.3, 0.4) is 0 Å². The molecule has 2 rings (SSSR count). The topological polar surface area (TPSA) is 36.4 Å². The average Bonchev–Trinajstić information content (AvgIpc) is 3.10. The minimum absolute atomic E-state index is 0.609. The molecule has 98 valence electrons. The van der Waals surface area contributed by atoms with Gasteiger partial charge in [-0.2, -0.15) is 0 Å².